The van der Waals surface area contributed by atoms with Crippen LogP contribution in [-0.4, -0.2) is 21.9 Å². The van der Waals surface area contributed by atoms with Gasteiger partial charge in [-0.25, -0.2) is 0 Å². The summed E-state index contributed by atoms with van der Waals surface area (Å²) >= 11 is 0. The second kappa shape index (κ2) is 4.30. The number of benzene rings is 1. The highest BCUT2D eigenvalue weighted by Crippen LogP contribution is 2.39. The van der Waals surface area contributed by atoms with Crippen LogP contribution in [0.4, 0.5) is 5.82 Å². The Morgan fingerprint density at radius 1 is 1.30 bits per heavy atom. The van der Waals surface area contributed by atoms with Crippen LogP contribution in [0.3, 0.4) is 0 Å². The van der Waals surface area contributed by atoms with E-state index in [1.165, 1.54) is 10.9 Å². The highest BCUT2D eigenvalue weighted by atomic mass is 16.5. The molecule has 0 saturated heterocycles. The van der Waals surface area contributed by atoms with Gasteiger partial charge in [0.05, 0.1) is 18.3 Å². The van der Waals surface area contributed by atoms with Crippen molar-refractivity contribution in [2.75, 3.05) is 12.8 Å². The van der Waals surface area contributed by atoms with Crippen LogP contribution in [0.15, 0.2) is 18.2 Å². The molecule has 0 aliphatic rings. The van der Waals surface area contributed by atoms with Crippen LogP contribution in [0.5, 0.6) is 5.75 Å². The summed E-state index contributed by atoms with van der Waals surface area (Å²) in [7, 11) is 3.74. The molecule has 2 aromatic heterocycles. The van der Waals surface area contributed by atoms with Gasteiger partial charge >= 0.3 is 0 Å². The fraction of sp³-hybridized carbons (Fsp3) is 0.267. The quantitative estimate of drug-likeness (QED) is 0.752. The summed E-state index contributed by atoms with van der Waals surface area (Å²) in [6, 6.07) is 5.94. The molecule has 0 aliphatic carbocycles. The van der Waals surface area contributed by atoms with Gasteiger partial charge in [-0.2, -0.15) is 5.10 Å². The normalized spacial score (nSPS) is 11.2. The van der Waals surface area contributed by atoms with Crippen LogP contribution in [0.1, 0.15) is 11.3 Å². The summed E-state index contributed by atoms with van der Waals surface area (Å²) in [4.78, 5) is 0. The summed E-state index contributed by atoms with van der Waals surface area (Å²) in [6.07, 6.45) is 0. The first kappa shape index (κ1) is 12.6. The molecular formula is C15H18N4O. The van der Waals surface area contributed by atoms with E-state index in [4.69, 9.17) is 10.5 Å². The van der Waals surface area contributed by atoms with Crippen molar-refractivity contribution in [3.8, 4) is 17.0 Å². The molecule has 5 heteroatoms. The van der Waals surface area contributed by atoms with Gasteiger partial charge in [0.25, 0.3) is 0 Å². The Hall–Kier alpha value is -2.43. The number of nitrogens with one attached hydrogen (secondary N) is 1. The Bertz CT molecular complexity index is 798. The molecule has 0 saturated carbocycles. The lowest BCUT2D eigenvalue weighted by atomic mass is 10.0. The number of nitrogen functional groups attached to an aromatic ring is 1. The van der Waals surface area contributed by atoms with Gasteiger partial charge in [-0.3, -0.25) is 5.10 Å². The number of hydrogen-bond donors (Lipinski definition) is 2. The highest BCUT2D eigenvalue weighted by molar-refractivity contribution is 6.02. The third kappa shape index (κ3) is 1.59. The summed E-state index contributed by atoms with van der Waals surface area (Å²) in [5.74, 6) is 1.37. The zero-order chi connectivity index (χ0) is 14.4. The predicted octanol–water partition coefficient (Wildman–Crippen LogP) is 2.78. The van der Waals surface area contributed by atoms with E-state index in [9.17, 15) is 0 Å². The summed E-state index contributed by atoms with van der Waals surface area (Å²) < 4.78 is 7.65. The average Bonchev–Trinajstić information content (AvgIpc) is 2.95. The van der Waals surface area contributed by atoms with Crippen molar-refractivity contribution in [2.45, 2.75) is 13.8 Å². The number of hydrogen-bond acceptors (Lipinski definition) is 3. The largest absolute Gasteiger partial charge is 0.495 e. The molecule has 0 atom stereocenters. The average molecular weight is 270 g/mol. The zero-order valence-corrected chi connectivity index (χ0v) is 12.1. The van der Waals surface area contributed by atoms with Crippen molar-refractivity contribution in [1.82, 2.24) is 14.8 Å². The van der Waals surface area contributed by atoms with Crippen molar-refractivity contribution in [1.29, 1.82) is 0 Å². The van der Waals surface area contributed by atoms with Gasteiger partial charge in [0.2, 0.25) is 0 Å². The Morgan fingerprint density at radius 3 is 2.65 bits per heavy atom. The van der Waals surface area contributed by atoms with E-state index in [0.29, 0.717) is 5.82 Å². The summed E-state index contributed by atoms with van der Waals surface area (Å²) in [5, 5.41) is 8.21. The van der Waals surface area contributed by atoms with E-state index in [1.807, 2.05) is 19.2 Å². The summed E-state index contributed by atoms with van der Waals surface area (Å²) in [6.45, 7) is 4.19. The van der Waals surface area contributed by atoms with E-state index in [2.05, 4.69) is 34.7 Å². The van der Waals surface area contributed by atoms with E-state index in [1.54, 1.807) is 7.11 Å². The highest BCUT2D eigenvalue weighted by Gasteiger charge is 2.19. The number of ether oxygens (including phenoxy) is 1. The SMILES string of the molecule is COc1ccc(C)c2c(-c3cc(N)n[nH]3)c(C)n(C)c12. The maximum absolute atomic E-state index is 5.74. The molecule has 0 bridgehead atoms. The Morgan fingerprint density at radius 2 is 2.05 bits per heavy atom. The number of H-pyrrole nitrogens is 1. The molecule has 0 radical (unpaired) electrons. The monoisotopic (exact) mass is 270 g/mol. The minimum absolute atomic E-state index is 0.497. The van der Waals surface area contributed by atoms with Gasteiger partial charge in [-0.05, 0) is 25.5 Å². The van der Waals surface area contributed by atoms with Gasteiger partial charge in [-0.15, -0.1) is 0 Å². The lowest BCUT2D eigenvalue weighted by Gasteiger charge is -2.07. The third-order valence-corrected chi connectivity index (χ3v) is 3.89. The lowest BCUT2D eigenvalue weighted by molar-refractivity contribution is 0.417. The van der Waals surface area contributed by atoms with Gasteiger partial charge in [0.15, 0.2) is 0 Å². The number of nitrogens with zero attached hydrogens (tertiary/aromatic N) is 2. The van der Waals surface area contributed by atoms with Gasteiger partial charge in [0, 0.05) is 29.8 Å². The van der Waals surface area contributed by atoms with Crippen molar-refractivity contribution in [3.05, 3.63) is 29.5 Å². The van der Waals surface area contributed by atoms with Crippen LogP contribution < -0.4 is 10.5 Å². The molecule has 20 heavy (non-hydrogen) atoms. The van der Waals surface area contributed by atoms with Crippen LogP contribution in [0, 0.1) is 13.8 Å². The third-order valence-electron chi connectivity index (χ3n) is 3.89. The molecular weight excluding hydrogens is 252 g/mol. The van der Waals surface area contributed by atoms with Crippen molar-refractivity contribution in [2.24, 2.45) is 7.05 Å². The molecule has 3 aromatic rings. The predicted molar refractivity (Wildman–Crippen MR) is 80.9 cm³/mol. The van der Waals surface area contributed by atoms with Crippen molar-refractivity contribution < 1.29 is 4.74 Å². The fourth-order valence-electron chi connectivity index (χ4n) is 2.80. The molecule has 0 spiro atoms. The first-order valence-electron chi connectivity index (χ1n) is 6.48. The standard InChI is InChI=1S/C15H18N4O/c1-8-5-6-11(20-4)15-13(8)14(9(2)19(15)3)10-7-12(16)18-17-10/h5-7H,1-4H3,(H3,16,17,18). The van der Waals surface area contributed by atoms with E-state index < -0.39 is 0 Å². The second-order valence-electron chi connectivity index (χ2n) is 5.03. The van der Waals surface area contributed by atoms with E-state index >= 15 is 0 Å². The minimum atomic E-state index is 0.497. The molecule has 2 heterocycles. The Labute approximate surface area is 117 Å². The zero-order valence-electron chi connectivity index (χ0n) is 12.1. The number of nitrogens with two attached hydrogens (primary N) is 1. The molecule has 0 unspecified atom stereocenters. The molecule has 3 rings (SSSR count). The summed E-state index contributed by atoms with van der Waals surface area (Å²) in [5.41, 5.74) is 11.2. The van der Waals surface area contributed by atoms with Crippen LogP contribution >= 0.6 is 0 Å². The van der Waals surface area contributed by atoms with Crippen LogP contribution in [0.25, 0.3) is 22.2 Å². The second-order valence-corrected chi connectivity index (χ2v) is 5.03. The van der Waals surface area contributed by atoms with Crippen LogP contribution in [-0.2, 0) is 7.05 Å². The molecule has 0 fully saturated rings. The minimum Gasteiger partial charge on any atom is -0.495 e. The fourth-order valence-corrected chi connectivity index (χ4v) is 2.80. The number of aromatic nitrogens is 3. The Balaban J connectivity index is 2.46. The molecule has 0 aliphatic heterocycles. The van der Waals surface area contributed by atoms with Crippen molar-refractivity contribution >= 4 is 16.7 Å². The first-order valence-corrected chi connectivity index (χ1v) is 6.48. The molecule has 3 N–H and O–H groups in total. The van der Waals surface area contributed by atoms with E-state index in [0.717, 1.165) is 28.2 Å². The van der Waals surface area contributed by atoms with E-state index in [-0.39, 0.29) is 0 Å². The lowest BCUT2D eigenvalue weighted by Crippen LogP contribution is -1.93. The first-order chi connectivity index (χ1) is 9.54. The maximum atomic E-state index is 5.74. The number of aromatic amines is 1. The molecule has 5 nitrogen and oxygen atoms in total. The smallest absolute Gasteiger partial charge is 0.145 e. The number of rotatable bonds is 2. The number of methoxy groups -OCH3 is 1. The molecule has 0 amide bonds. The topological polar surface area (TPSA) is 68.9 Å². The van der Waals surface area contributed by atoms with Crippen LogP contribution in [0.2, 0.25) is 0 Å². The number of fused-ring (bicyclic) bond motifs is 1. The number of aryl methyl sites for hydroxylation is 2. The Kier molecular flexibility index (Phi) is 2.71. The number of anilines is 1. The molecule has 1 aromatic carbocycles. The molecule has 104 valence electrons. The van der Waals surface area contributed by atoms with Gasteiger partial charge < -0.3 is 15.0 Å². The van der Waals surface area contributed by atoms with Gasteiger partial charge in [-0.1, -0.05) is 6.07 Å². The maximum Gasteiger partial charge on any atom is 0.145 e. The van der Waals surface area contributed by atoms with Crippen molar-refractivity contribution in [3.63, 3.8) is 0 Å². The van der Waals surface area contributed by atoms with Gasteiger partial charge in [0.1, 0.15) is 11.6 Å².